The van der Waals surface area contributed by atoms with Gasteiger partial charge in [-0.3, -0.25) is 5.41 Å². The first-order chi connectivity index (χ1) is 10.1. The van der Waals surface area contributed by atoms with Gasteiger partial charge in [0.05, 0.1) is 10.3 Å². The normalized spacial score (nSPS) is 10.4. The second kappa shape index (κ2) is 7.22. The van der Waals surface area contributed by atoms with Gasteiger partial charge in [-0.15, -0.1) is 0 Å². The van der Waals surface area contributed by atoms with Crippen LogP contribution in [0.25, 0.3) is 0 Å². The Morgan fingerprint density at radius 2 is 1.86 bits per heavy atom. The fraction of sp³-hybridized carbons (Fsp3) is 0.188. The van der Waals surface area contributed by atoms with Crippen LogP contribution in [-0.2, 0) is 6.54 Å². The Kier molecular flexibility index (Phi) is 5.33. The first-order valence-electron chi connectivity index (χ1n) is 6.63. The van der Waals surface area contributed by atoms with Crippen LogP contribution < -0.4 is 10.6 Å². The number of halogens is 2. The smallest absolute Gasteiger partial charge is 0.137 e. The van der Waals surface area contributed by atoms with E-state index in [9.17, 15) is 4.39 Å². The van der Waals surface area contributed by atoms with Gasteiger partial charge in [-0.1, -0.05) is 30.3 Å². The second-order valence-electron chi connectivity index (χ2n) is 4.75. The lowest BCUT2D eigenvalue weighted by Crippen LogP contribution is -2.27. The van der Waals surface area contributed by atoms with Crippen LogP contribution in [0.2, 0.25) is 0 Å². The Morgan fingerprint density at radius 1 is 1.14 bits per heavy atom. The van der Waals surface area contributed by atoms with Crippen molar-refractivity contribution in [1.82, 2.24) is 0 Å². The maximum absolute atomic E-state index is 13.6. The number of amidine groups is 1. The Bertz CT molecular complexity index is 616. The van der Waals surface area contributed by atoms with Gasteiger partial charge in [0.25, 0.3) is 0 Å². The molecule has 3 nitrogen and oxygen atoms in total. The van der Waals surface area contributed by atoms with Gasteiger partial charge in [0.1, 0.15) is 5.82 Å². The van der Waals surface area contributed by atoms with Crippen molar-refractivity contribution >= 4 is 27.5 Å². The molecule has 0 unspecified atom stereocenters. The standard InChI is InChI=1S/C16H17BrFN3/c17-16-12(5-4-8-14(16)18)11-21(10-9-15(19)20)13-6-2-1-3-7-13/h1-8H,9-11H2,(H3,19,20). The average Bonchev–Trinajstić information content (AvgIpc) is 2.48. The van der Waals surface area contributed by atoms with E-state index in [2.05, 4.69) is 20.8 Å². The third kappa shape index (κ3) is 4.29. The number of nitrogens with one attached hydrogen (secondary N) is 1. The Balaban J connectivity index is 2.23. The third-order valence-electron chi connectivity index (χ3n) is 3.17. The molecule has 0 atom stereocenters. The highest BCUT2D eigenvalue weighted by Crippen LogP contribution is 2.24. The lowest BCUT2D eigenvalue weighted by molar-refractivity contribution is 0.617. The zero-order chi connectivity index (χ0) is 15.2. The largest absolute Gasteiger partial charge is 0.388 e. The molecule has 0 fully saturated rings. The van der Waals surface area contributed by atoms with Crippen molar-refractivity contribution in [3.63, 3.8) is 0 Å². The van der Waals surface area contributed by atoms with E-state index in [0.29, 0.717) is 24.0 Å². The minimum absolute atomic E-state index is 0.147. The lowest BCUT2D eigenvalue weighted by Gasteiger charge is -2.25. The molecule has 0 aliphatic carbocycles. The first kappa shape index (κ1) is 15.5. The molecule has 2 aromatic rings. The summed E-state index contributed by atoms with van der Waals surface area (Å²) in [4.78, 5) is 2.08. The highest BCUT2D eigenvalue weighted by atomic mass is 79.9. The van der Waals surface area contributed by atoms with Crippen LogP contribution in [0.5, 0.6) is 0 Å². The molecule has 0 aromatic heterocycles. The fourth-order valence-electron chi connectivity index (χ4n) is 2.07. The van der Waals surface area contributed by atoms with Crippen LogP contribution in [0.1, 0.15) is 12.0 Å². The molecule has 0 aliphatic heterocycles. The SMILES string of the molecule is N=C(N)CCN(Cc1cccc(F)c1Br)c1ccccc1. The Labute approximate surface area is 132 Å². The zero-order valence-electron chi connectivity index (χ0n) is 11.5. The van der Waals surface area contributed by atoms with Gasteiger partial charge in [0.2, 0.25) is 0 Å². The van der Waals surface area contributed by atoms with Crippen LogP contribution in [0.4, 0.5) is 10.1 Å². The molecule has 0 radical (unpaired) electrons. The van der Waals surface area contributed by atoms with E-state index in [1.165, 1.54) is 6.07 Å². The van der Waals surface area contributed by atoms with Gasteiger partial charge in [0, 0.05) is 25.2 Å². The van der Waals surface area contributed by atoms with Crippen molar-refractivity contribution in [2.24, 2.45) is 5.73 Å². The topological polar surface area (TPSA) is 53.1 Å². The van der Waals surface area contributed by atoms with Crippen LogP contribution >= 0.6 is 15.9 Å². The molecule has 0 spiro atoms. The number of nitrogens with two attached hydrogens (primary N) is 1. The van der Waals surface area contributed by atoms with E-state index >= 15 is 0 Å². The van der Waals surface area contributed by atoms with Gasteiger partial charge in [0.15, 0.2) is 0 Å². The Morgan fingerprint density at radius 3 is 2.52 bits per heavy atom. The number of hydrogen-bond donors (Lipinski definition) is 2. The highest BCUT2D eigenvalue weighted by molar-refractivity contribution is 9.10. The number of rotatable bonds is 6. The minimum Gasteiger partial charge on any atom is -0.388 e. The molecule has 0 saturated carbocycles. The maximum Gasteiger partial charge on any atom is 0.137 e. The molecule has 21 heavy (non-hydrogen) atoms. The number of nitrogens with zero attached hydrogens (tertiary/aromatic N) is 1. The summed E-state index contributed by atoms with van der Waals surface area (Å²) in [7, 11) is 0. The van der Waals surface area contributed by atoms with Crippen molar-refractivity contribution in [1.29, 1.82) is 5.41 Å². The summed E-state index contributed by atoms with van der Waals surface area (Å²) >= 11 is 3.29. The highest BCUT2D eigenvalue weighted by Gasteiger charge is 2.11. The summed E-state index contributed by atoms with van der Waals surface area (Å²) in [5, 5.41) is 7.39. The van der Waals surface area contributed by atoms with Crippen LogP contribution in [0.3, 0.4) is 0 Å². The molecular formula is C16H17BrFN3. The fourth-order valence-corrected chi connectivity index (χ4v) is 2.46. The van der Waals surface area contributed by atoms with Crippen molar-refractivity contribution in [2.75, 3.05) is 11.4 Å². The molecule has 2 rings (SSSR count). The molecule has 0 amide bonds. The van der Waals surface area contributed by atoms with Crippen molar-refractivity contribution in [3.8, 4) is 0 Å². The van der Waals surface area contributed by atoms with Gasteiger partial charge in [-0.2, -0.15) is 0 Å². The molecule has 0 heterocycles. The van der Waals surface area contributed by atoms with Gasteiger partial charge in [-0.05, 0) is 39.7 Å². The summed E-state index contributed by atoms with van der Waals surface area (Å²) in [6.45, 7) is 1.16. The number of benzene rings is 2. The molecule has 3 N–H and O–H groups in total. The monoisotopic (exact) mass is 349 g/mol. The third-order valence-corrected chi connectivity index (χ3v) is 4.05. The number of para-hydroxylation sites is 1. The predicted molar refractivity (Wildman–Crippen MR) is 88.1 cm³/mol. The summed E-state index contributed by atoms with van der Waals surface area (Å²) < 4.78 is 14.1. The van der Waals surface area contributed by atoms with E-state index in [0.717, 1.165) is 11.3 Å². The number of anilines is 1. The predicted octanol–water partition coefficient (Wildman–Crippen LogP) is 3.92. The molecule has 5 heteroatoms. The van der Waals surface area contributed by atoms with E-state index in [1.54, 1.807) is 6.07 Å². The molecule has 0 bridgehead atoms. The molecule has 2 aromatic carbocycles. The maximum atomic E-state index is 13.6. The van der Waals surface area contributed by atoms with Crippen molar-refractivity contribution in [3.05, 3.63) is 64.4 Å². The zero-order valence-corrected chi connectivity index (χ0v) is 13.1. The summed E-state index contributed by atoms with van der Waals surface area (Å²) in [6.07, 6.45) is 0.474. The summed E-state index contributed by atoms with van der Waals surface area (Å²) in [6, 6.07) is 14.9. The first-order valence-corrected chi connectivity index (χ1v) is 7.43. The molecule has 0 aliphatic rings. The Hall–Kier alpha value is -1.88. The minimum atomic E-state index is -0.271. The van der Waals surface area contributed by atoms with Crippen LogP contribution in [0.15, 0.2) is 53.0 Å². The quantitative estimate of drug-likeness (QED) is 0.613. The second-order valence-corrected chi connectivity index (χ2v) is 5.54. The average molecular weight is 350 g/mol. The molecule has 110 valence electrons. The number of hydrogen-bond acceptors (Lipinski definition) is 2. The molecule has 0 saturated heterocycles. The summed E-state index contributed by atoms with van der Waals surface area (Å²) in [5.74, 6) is -0.124. The van der Waals surface area contributed by atoms with E-state index < -0.39 is 0 Å². The van der Waals surface area contributed by atoms with E-state index in [-0.39, 0.29) is 11.7 Å². The summed E-state index contributed by atoms with van der Waals surface area (Å²) in [5.41, 5.74) is 7.34. The van der Waals surface area contributed by atoms with Crippen molar-refractivity contribution in [2.45, 2.75) is 13.0 Å². The van der Waals surface area contributed by atoms with E-state index in [4.69, 9.17) is 11.1 Å². The van der Waals surface area contributed by atoms with Crippen LogP contribution in [-0.4, -0.2) is 12.4 Å². The van der Waals surface area contributed by atoms with Gasteiger partial charge in [-0.25, -0.2) is 4.39 Å². The lowest BCUT2D eigenvalue weighted by atomic mass is 10.1. The van der Waals surface area contributed by atoms with E-state index in [1.807, 2.05) is 36.4 Å². The van der Waals surface area contributed by atoms with Gasteiger partial charge >= 0.3 is 0 Å². The van der Waals surface area contributed by atoms with Crippen LogP contribution in [0, 0.1) is 11.2 Å². The molecular weight excluding hydrogens is 333 g/mol. The van der Waals surface area contributed by atoms with Crippen molar-refractivity contribution < 1.29 is 4.39 Å². The van der Waals surface area contributed by atoms with Gasteiger partial charge < -0.3 is 10.6 Å².